The fraction of sp³-hybridized carbons (Fsp3) is 0.400. The maximum absolute atomic E-state index is 13.1. The summed E-state index contributed by atoms with van der Waals surface area (Å²) in [5, 5.41) is 8.69. The summed E-state index contributed by atoms with van der Waals surface area (Å²) in [6.07, 6.45) is 0.390. The van der Waals surface area contributed by atoms with Crippen LogP contribution in [0, 0.1) is 11.6 Å². The topological polar surface area (TPSA) is 23.5 Å². The second kappa shape index (κ2) is 5.02. The second-order valence-electron chi connectivity index (χ2n) is 3.21. The van der Waals surface area contributed by atoms with Crippen molar-refractivity contribution in [3.05, 3.63) is 35.4 Å². The largest absolute Gasteiger partial charge is 0.381 e. The molecule has 0 saturated carbocycles. The van der Waals surface area contributed by atoms with Crippen molar-refractivity contribution in [1.29, 1.82) is 0 Å². The first kappa shape index (κ1) is 11.1. The number of nitrogens with zero attached hydrogens (tertiary/aromatic N) is 1. The van der Waals surface area contributed by atoms with Crippen LogP contribution in [0.25, 0.3) is 0 Å². The molecule has 0 aromatic heterocycles. The van der Waals surface area contributed by atoms with E-state index in [1.165, 1.54) is 6.07 Å². The molecule has 0 aliphatic carbocycles. The van der Waals surface area contributed by atoms with E-state index >= 15 is 0 Å². The highest BCUT2D eigenvalue weighted by Gasteiger charge is 2.04. The van der Waals surface area contributed by atoms with Crippen molar-refractivity contribution in [3.63, 3.8) is 0 Å². The molecule has 4 heteroatoms. The van der Waals surface area contributed by atoms with Gasteiger partial charge in [-0.2, -0.15) is 0 Å². The van der Waals surface area contributed by atoms with Gasteiger partial charge in [0, 0.05) is 6.54 Å². The third-order valence-electron chi connectivity index (χ3n) is 2.01. The molecule has 0 bridgehead atoms. The minimum absolute atomic E-state index is 0.0864. The Kier molecular flexibility index (Phi) is 3.98. The molecule has 0 aliphatic rings. The molecule has 14 heavy (non-hydrogen) atoms. The molecule has 1 aromatic carbocycles. The van der Waals surface area contributed by atoms with Crippen LogP contribution in [0.2, 0.25) is 0 Å². The fourth-order valence-electron chi connectivity index (χ4n) is 1.12. The lowest BCUT2D eigenvalue weighted by atomic mass is 10.1. The number of hydrogen-bond acceptors (Lipinski definition) is 2. The first-order chi connectivity index (χ1) is 6.63. The lowest BCUT2D eigenvalue weighted by Crippen LogP contribution is -2.22. The minimum atomic E-state index is -0.437. The van der Waals surface area contributed by atoms with Crippen molar-refractivity contribution in [3.8, 4) is 0 Å². The molecule has 0 aliphatic heterocycles. The van der Waals surface area contributed by atoms with Crippen LogP contribution >= 0.6 is 0 Å². The van der Waals surface area contributed by atoms with Gasteiger partial charge in [0.25, 0.3) is 0 Å². The Morgan fingerprint density at radius 1 is 1.36 bits per heavy atom. The summed E-state index contributed by atoms with van der Waals surface area (Å²) in [6.45, 7) is 0.411. The number of aliphatic hydroxyl groups is 1. The van der Waals surface area contributed by atoms with Gasteiger partial charge in [-0.05, 0) is 37.2 Å². The second-order valence-corrected chi connectivity index (χ2v) is 3.21. The van der Waals surface area contributed by atoms with Crippen molar-refractivity contribution in [2.45, 2.75) is 6.42 Å². The van der Waals surface area contributed by atoms with E-state index in [0.29, 0.717) is 18.5 Å². The van der Waals surface area contributed by atoms with E-state index in [2.05, 4.69) is 0 Å². The highest BCUT2D eigenvalue weighted by Crippen LogP contribution is 2.10. The maximum Gasteiger partial charge on any atom is 0.126 e. The lowest BCUT2D eigenvalue weighted by Gasteiger charge is -2.12. The highest BCUT2D eigenvalue weighted by molar-refractivity contribution is 5.18. The van der Waals surface area contributed by atoms with Gasteiger partial charge in [-0.15, -0.1) is 0 Å². The number of halogens is 2. The van der Waals surface area contributed by atoms with Gasteiger partial charge in [0.1, 0.15) is 11.6 Å². The van der Waals surface area contributed by atoms with Crippen molar-refractivity contribution in [2.75, 3.05) is 20.3 Å². The third kappa shape index (κ3) is 3.05. The maximum atomic E-state index is 13.1. The average Bonchev–Trinajstić information content (AvgIpc) is 2.19. The van der Waals surface area contributed by atoms with Crippen molar-refractivity contribution in [1.82, 2.24) is 4.90 Å². The number of rotatable bonds is 4. The summed E-state index contributed by atoms with van der Waals surface area (Å²) < 4.78 is 25.8. The third-order valence-corrected chi connectivity index (χ3v) is 2.01. The van der Waals surface area contributed by atoms with Crippen LogP contribution in [0.15, 0.2) is 18.2 Å². The van der Waals surface area contributed by atoms with E-state index in [9.17, 15) is 8.78 Å². The van der Waals surface area contributed by atoms with E-state index in [1.54, 1.807) is 11.9 Å². The van der Waals surface area contributed by atoms with Crippen LogP contribution in [0.1, 0.15) is 5.56 Å². The molecule has 0 saturated heterocycles. The van der Waals surface area contributed by atoms with Crippen LogP contribution < -0.4 is 0 Å². The SMILES string of the molecule is CN(CO)CCc1cc(F)ccc1F. The molecule has 1 rings (SSSR count). The first-order valence-electron chi connectivity index (χ1n) is 4.37. The van der Waals surface area contributed by atoms with E-state index < -0.39 is 11.6 Å². The van der Waals surface area contributed by atoms with Crippen LogP contribution in [0.4, 0.5) is 8.78 Å². The zero-order valence-corrected chi connectivity index (χ0v) is 8.00. The van der Waals surface area contributed by atoms with Crippen LogP contribution in [-0.2, 0) is 6.42 Å². The Labute approximate surface area is 81.8 Å². The van der Waals surface area contributed by atoms with E-state index in [-0.39, 0.29) is 6.73 Å². The number of likely N-dealkylation sites (N-methyl/N-ethyl adjacent to an activating group) is 1. The summed E-state index contributed by atoms with van der Waals surface area (Å²) in [6, 6.07) is 3.39. The molecule has 0 atom stereocenters. The standard InChI is InChI=1S/C10H13F2NO/c1-13(7-14)5-4-8-6-9(11)2-3-10(8)12/h2-3,6,14H,4-5,7H2,1H3. The Hall–Kier alpha value is -1.00. The summed E-state index contributed by atoms with van der Waals surface area (Å²) in [4.78, 5) is 1.62. The molecule has 1 aromatic rings. The molecular weight excluding hydrogens is 188 g/mol. The molecule has 0 heterocycles. The predicted octanol–water partition coefficient (Wildman–Crippen LogP) is 1.39. The monoisotopic (exact) mass is 201 g/mol. The van der Waals surface area contributed by atoms with Gasteiger partial charge in [-0.3, -0.25) is 4.90 Å². The predicted molar refractivity (Wildman–Crippen MR) is 49.8 cm³/mol. The number of aliphatic hydroxyl groups excluding tert-OH is 1. The van der Waals surface area contributed by atoms with Crippen LogP contribution in [-0.4, -0.2) is 30.3 Å². The zero-order chi connectivity index (χ0) is 10.6. The molecule has 78 valence electrons. The summed E-state index contributed by atoms with van der Waals surface area (Å²) in [7, 11) is 1.71. The normalized spacial score (nSPS) is 10.9. The molecule has 0 amide bonds. The Bertz CT molecular complexity index is 304. The van der Waals surface area contributed by atoms with Gasteiger partial charge in [0.2, 0.25) is 0 Å². The smallest absolute Gasteiger partial charge is 0.126 e. The van der Waals surface area contributed by atoms with Gasteiger partial charge >= 0.3 is 0 Å². The molecule has 0 fully saturated rings. The van der Waals surface area contributed by atoms with Gasteiger partial charge in [-0.1, -0.05) is 0 Å². The van der Waals surface area contributed by atoms with Crippen molar-refractivity contribution >= 4 is 0 Å². The lowest BCUT2D eigenvalue weighted by molar-refractivity contribution is 0.134. The molecule has 1 N–H and O–H groups in total. The van der Waals surface area contributed by atoms with Crippen LogP contribution in [0.3, 0.4) is 0 Å². The van der Waals surface area contributed by atoms with E-state index in [0.717, 1.165) is 12.1 Å². The summed E-state index contributed by atoms with van der Waals surface area (Å²) in [5.74, 6) is -0.842. The first-order valence-corrected chi connectivity index (χ1v) is 4.37. The number of benzene rings is 1. The van der Waals surface area contributed by atoms with Gasteiger partial charge in [0.15, 0.2) is 0 Å². The Morgan fingerprint density at radius 2 is 2.07 bits per heavy atom. The zero-order valence-electron chi connectivity index (χ0n) is 8.00. The van der Waals surface area contributed by atoms with Gasteiger partial charge < -0.3 is 5.11 Å². The summed E-state index contributed by atoms with van der Waals surface area (Å²) >= 11 is 0. The van der Waals surface area contributed by atoms with Crippen molar-refractivity contribution < 1.29 is 13.9 Å². The highest BCUT2D eigenvalue weighted by atomic mass is 19.1. The fourth-order valence-corrected chi connectivity index (χ4v) is 1.12. The number of hydrogen-bond donors (Lipinski definition) is 1. The van der Waals surface area contributed by atoms with Crippen LogP contribution in [0.5, 0.6) is 0 Å². The van der Waals surface area contributed by atoms with E-state index in [4.69, 9.17) is 5.11 Å². The molecule has 0 unspecified atom stereocenters. The molecule has 0 spiro atoms. The van der Waals surface area contributed by atoms with Gasteiger partial charge in [-0.25, -0.2) is 8.78 Å². The summed E-state index contributed by atoms with van der Waals surface area (Å²) in [5.41, 5.74) is 0.338. The Morgan fingerprint density at radius 3 is 2.71 bits per heavy atom. The van der Waals surface area contributed by atoms with E-state index in [1.807, 2.05) is 0 Å². The quantitative estimate of drug-likeness (QED) is 0.744. The minimum Gasteiger partial charge on any atom is -0.381 e. The Balaban J connectivity index is 2.62. The molecule has 0 radical (unpaired) electrons. The average molecular weight is 201 g/mol. The molecule has 2 nitrogen and oxygen atoms in total. The molecular formula is C10H13F2NO. The van der Waals surface area contributed by atoms with Crippen molar-refractivity contribution in [2.24, 2.45) is 0 Å². The van der Waals surface area contributed by atoms with Gasteiger partial charge in [0.05, 0.1) is 6.73 Å².